The van der Waals surface area contributed by atoms with Crippen LogP contribution in [0.4, 0.5) is 5.82 Å². The van der Waals surface area contributed by atoms with Gasteiger partial charge in [0.15, 0.2) is 17.7 Å². The highest BCUT2D eigenvalue weighted by Crippen LogP contribution is 2.32. The number of imidazole rings is 1. The summed E-state index contributed by atoms with van der Waals surface area (Å²) in [5.74, 6) is -0.836. The van der Waals surface area contributed by atoms with Crippen molar-refractivity contribution in [3.8, 4) is 0 Å². The van der Waals surface area contributed by atoms with Gasteiger partial charge in [-0.25, -0.2) is 15.0 Å². The number of aliphatic hydroxyl groups is 2. The number of aromatic nitrogens is 4. The van der Waals surface area contributed by atoms with Crippen LogP contribution in [0.1, 0.15) is 25.5 Å². The van der Waals surface area contributed by atoms with Gasteiger partial charge >= 0.3 is 5.97 Å². The number of ether oxygens (including phenoxy) is 1. The molecule has 0 saturated carbocycles. The summed E-state index contributed by atoms with van der Waals surface area (Å²) < 4.78 is 7.60. The number of hydrogen-bond acceptors (Lipinski definition) is 11. The van der Waals surface area contributed by atoms with E-state index in [1.807, 2.05) is 0 Å². The van der Waals surface area contributed by atoms with Crippen LogP contribution in [0.15, 0.2) is 12.7 Å². The van der Waals surface area contributed by atoms with Gasteiger partial charge in [-0.05, 0) is 25.8 Å². The van der Waals surface area contributed by atoms with E-state index >= 15 is 0 Å². The van der Waals surface area contributed by atoms with Crippen LogP contribution in [-0.4, -0.2) is 102 Å². The molecular weight excluding hydrogens is 420 g/mol. The van der Waals surface area contributed by atoms with Gasteiger partial charge in [0.1, 0.15) is 36.2 Å². The van der Waals surface area contributed by atoms with Crippen LogP contribution < -0.4 is 16.8 Å². The monoisotopic (exact) mass is 450 g/mol. The van der Waals surface area contributed by atoms with Gasteiger partial charge in [-0.3, -0.25) is 14.3 Å². The van der Waals surface area contributed by atoms with Gasteiger partial charge in [0, 0.05) is 25.7 Å². The Morgan fingerprint density at radius 1 is 1.34 bits per heavy atom. The van der Waals surface area contributed by atoms with Crippen molar-refractivity contribution < 1.29 is 24.9 Å². The molecule has 0 amide bonds. The Kier molecular flexibility index (Phi) is 6.83. The Morgan fingerprint density at radius 3 is 2.88 bits per heavy atom. The second kappa shape index (κ2) is 9.60. The molecule has 8 N–H and O–H groups in total. The average Bonchev–Trinajstić information content (AvgIpc) is 3.34. The molecule has 2 saturated heterocycles. The van der Waals surface area contributed by atoms with Gasteiger partial charge in [-0.15, -0.1) is 0 Å². The van der Waals surface area contributed by atoms with Gasteiger partial charge < -0.3 is 36.8 Å². The Bertz CT molecular complexity index is 936. The van der Waals surface area contributed by atoms with Crippen molar-refractivity contribution in [1.82, 2.24) is 29.7 Å². The number of fused-ring (bicyclic) bond motifs is 1. The maximum Gasteiger partial charge on any atom is 0.320 e. The number of nitrogen functional groups attached to an aromatic ring is 1. The molecule has 176 valence electrons. The topological polar surface area (TPSA) is 198 Å². The quantitative estimate of drug-likeness (QED) is 0.256. The van der Waals surface area contributed by atoms with E-state index in [0.29, 0.717) is 24.3 Å². The highest BCUT2D eigenvalue weighted by molar-refractivity contribution is 5.81. The minimum atomic E-state index is -1.21. The molecule has 2 fully saturated rings. The van der Waals surface area contributed by atoms with E-state index in [9.17, 15) is 15.0 Å². The lowest BCUT2D eigenvalue weighted by atomic mass is 10.0. The van der Waals surface area contributed by atoms with Crippen LogP contribution >= 0.6 is 0 Å². The summed E-state index contributed by atoms with van der Waals surface area (Å²) in [6.07, 6.45) is 0.993. The van der Waals surface area contributed by atoms with E-state index in [1.54, 1.807) is 0 Å². The fourth-order valence-electron chi connectivity index (χ4n) is 4.39. The normalized spacial score (nSPS) is 29.6. The van der Waals surface area contributed by atoms with Crippen molar-refractivity contribution in [3.63, 3.8) is 0 Å². The summed E-state index contributed by atoms with van der Waals surface area (Å²) >= 11 is 0. The van der Waals surface area contributed by atoms with E-state index in [1.165, 1.54) is 17.2 Å². The highest BCUT2D eigenvalue weighted by Gasteiger charge is 2.45. The predicted molar refractivity (Wildman–Crippen MR) is 113 cm³/mol. The van der Waals surface area contributed by atoms with Crippen LogP contribution in [-0.2, 0) is 9.53 Å². The molecule has 0 radical (unpaired) electrons. The molecule has 2 aliphatic rings. The van der Waals surface area contributed by atoms with Crippen molar-refractivity contribution in [2.45, 2.75) is 55.9 Å². The SMILES string of the molecule is Nc1ncnc2c1ncn2[C@@H]1O[C@H](CN(CCC(N)C(=O)O)C2CCCNC2)[C@@H](O)[C@H]1O. The van der Waals surface area contributed by atoms with E-state index < -0.39 is 36.6 Å². The number of anilines is 1. The molecule has 32 heavy (non-hydrogen) atoms. The standard InChI is InChI=1S/C19H30N8O5/c20-11(19(30)31)3-5-26(10-2-1-4-22-6-10)7-12-14(28)15(29)18(32-12)27-9-25-13-16(21)23-8-24-17(13)27/h8-12,14-15,18,22,28-29H,1-7,20H2,(H,30,31)(H2,21,23,24)/t10?,11?,12-,14-,15-,18-/m1/s1. The van der Waals surface area contributed by atoms with Gasteiger partial charge in [0.2, 0.25) is 0 Å². The minimum absolute atomic E-state index is 0.151. The van der Waals surface area contributed by atoms with Crippen molar-refractivity contribution in [2.24, 2.45) is 5.73 Å². The Hall–Kier alpha value is -2.42. The van der Waals surface area contributed by atoms with Gasteiger partial charge in [-0.1, -0.05) is 0 Å². The molecule has 13 nitrogen and oxygen atoms in total. The molecule has 4 heterocycles. The molecule has 2 aliphatic heterocycles. The first-order chi connectivity index (χ1) is 15.4. The predicted octanol–water partition coefficient (Wildman–Crippen LogP) is -2.12. The summed E-state index contributed by atoms with van der Waals surface area (Å²) in [5, 5.41) is 33.9. The number of aliphatic carboxylic acids is 1. The van der Waals surface area contributed by atoms with Crippen LogP contribution in [0.5, 0.6) is 0 Å². The van der Waals surface area contributed by atoms with Gasteiger partial charge in [-0.2, -0.15) is 0 Å². The van der Waals surface area contributed by atoms with Crippen LogP contribution in [0.25, 0.3) is 11.2 Å². The number of nitrogens with one attached hydrogen (secondary N) is 1. The van der Waals surface area contributed by atoms with E-state index in [0.717, 1.165) is 25.9 Å². The largest absolute Gasteiger partial charge is 0.480 e. The minimum Gasteiger partial charge on any atom is -0.480 e. The number of piperidine rings is 1. The summed E-state index contributed by atoms with van der Waals surface area (Å²) in [5.41, 5.74) is 12.3. The Balaban J connectivity index is 1.50. The highest BCUT2D eigenvalue weighted by atomic mass is 16.6. The lowest BCUT2D eigenvalue weighted by molar-refractivity contribution is -0.138. The third kappa shape index (κ3) is 4.53. The molecule has 0 aromatic carbocycles. The zero-order valence-electron chi connectivity index (χ0n) is 17.6. The first kappa shape index (κ1) is 22.8. The van der Waals surface area contributed by atoms with Crippen LogP contribution in [0, 0.1) is 0 Å². The molecular formula is C19H30N8O5. The molecule has 0 bridgehead atoms. The van der Waals surface area contributed by atoms with Crippen molar-refractivity contribution >= 4 is 23.0 Å². The first-order valence-corrected chi connectivity index (χ1v) is 10.7. The molecule has 0 spiro atoms. The summed E-state index contributed by atoms with van der Waals surface area (Å²) in [4.78, 5) is 25.5. The fourth-order valence-corrected chi connectivity index (χ4v) is 4.39. The van der Waals surface area contributed by atoms with E-state index in [-0.39, 0.29) is 18.3 Å². The molecule has 0 aliphatic carbocycles. The third-order valence-corrected chi connectivity index (χ3v) is 6.24. The molecule has 4 rings (SSSR count). The third-order valence-electron chi connectivity index (χ3n) is 6.24. The molecule has 13 heteroatoms. The maximum atomic E-state index is 11.2. The van der Waals surface area contributed by atoms with Crippen LogP contribution in [0.3, 0.4) is 0 Å². The molecule has 6 atom stereocenters. The number of carboxylic acid groups (broad SMARTS) is 1. The second-order valence-electron chi connectivity index (χ2n) is 8.36. The first-order valence-electron chi connectivity index (χ1n) is 10.7. The number of carboxylic acids is 1. The van der Waals surface area contributed by atoms with Gasteiger partial charge in [0.05, 0.1) is 6.33 Å². The zero-order chi connectivity index (χ0) is 22.8. The average molecular weight is 451 g/mol. The molecule has 2 unspecified atom stereocenters. The number of hydrogen-bond donors (Lipinski definition) is 6. The zero-order valence-corrected chi connectivity index (χ0v) is 17.6. The molecule has 2 aromatic rings. The number of nitrogens with two attached hydrogens (primary N) is 2. The summed E-state index contributed by atoms with van der Waals surface area (Å²) in [7, 11) is 0. The summed E-state index contributed by atoms with van der Waals surface area (Å²) in [6, 6.07) is -0.817. The van der Waals surface area contributed by atoms with Crippen molar-refractivity contribution in [1.29, 1.82) is 0 Å². The van der Waals surface area contributed by atoms with Crippen LogP contribution in [0.2, 0.25) is 0 Å². The fraction of sp³-hybridized carbons (Fsp3) is 0.684. The number of nitrogens with zero attached hydrogens (tertiary/aromatic N) is 5. The van der Waals surface area contributed by atoms with E-state index in [2.05, 4.69) is 25.2 Å². The van der Waals surface area contributed by atoms with E-state index in [4.69, 9.17) is 21.3 Å². The van der Waals surface area contributed by atoms with Crippen molar-refractivity contribution in [2.75, 3.05) is 31.9 Å². The number of carbonyl (C=O) groups is 1. The number of aliphatic hydroxyl groups excluding tert-OH is 2. The Morgan fingerprint density at radius 2 is 2.16 bits per heavy atom. The smallest absolute Gasteiger partial charge is 0.320 e. The molecule has 2 aromatic heterocycles. The lowest BCUT2D eigenvalue weighted by Gasteiger charge is -2.36. The Labute approximate surface area is 184 Å². The summed E-state index contributed by atoms with van der Waals surface area (Å²) in [6.45, 7) is 2.43. The van der Waals surface area contributed by atoms with Crippen molar-refractivity contribution in [3.05, 3.63) is 12.7 Å². The second-order valence-corrected chi connectivity index (χ2v) is 8.36. The lowest BCUT2D eigenvalue weighted by Crippen LogP contribution is -2.51. The van der Waals surface area contributed by atoms with Gasteiger partial charge in [0.25, 0.3) is 0 Å². The maximum absolute atomic E-state index is 11.2. The number of rotatable bonds is 8.